The van der Waals surface area contributed by atoms with Gasteiger partial charge in [0.25, 0.3) is 0 Å². The summed E-state index contributed by atoms with van der Waals surface area (Å²) < 4.78 is 0.945. The van der Waals surface area contributed by atoms with Gasteiger partial charge in [-0.05, 0) is 56.8 Å². The summed E-state index contributed by atoms with van der Waals surface area (Å²) in [6, 6.07) is 10.1. The highest BCUT2D eigenvalue weighted by molar-refractivity contribution is 9.10. The first kappa shape index (κ1) is 21.7. The van der Waals surface area contributed by atoms with Crippen LogP contribution in [0, 0.1) is 6.92 Å². The number of nitrogens with zero attached hydrogens (tertiary/aromatic N) is 1. The Balaban J connectivity index is 1.95. The molecule has 0 saturated heterocycles. The molecule has 2 amide bonds. The molecule has 1 unspecified atom stereocenters. The van der Waals surface area contributed by atoms with Gasteiger partial charge in [-0.1, -0.05) is 45.2 Å². The number of benzene rings is 2. The van der Waals surface area contributed by atoms with Crippen LogP contribution in [-0.2, 0) is 9.59 Å². The van der Waals surface area contributed by atoms with Crippen molar-refractivity contribution in [2.75, 3.05) is 24.2 Å². The lowest BCUT2D eigenvalue weighted by Gasteiger charge is -2.23. The number of amides is 2. The molecular weight excluding hydrogens is 453 g/mol. The molecule has 2 aromatic carbocycles. The predicted octanol–water partition coefficient (Wildman–Crippen LogP) is 4.96. The van der Waals surface area contributed by atoms with Gasteiger partial charge in [0.05, 0.1) is 28.3 Å². The predicted molar refractivity (Wildman–Crippen MR) is 115 cm³/mol. The molecule has 5 nitrogen and oxygen atoms in total. The Hall–Kier alpha value is -1.60. The van der Waals surface area contributed by atoms with Gasteiger partial charge in [-0.2, -0.15) is 0 Å². The number of anilines is 2. The quantitative estimate of drug-likeness (QED) is 0.624. The number of likely N-dealkylation sites (N-methyl/N-ethyl adjacent to an activating group) is 1. The third kappa shape index (κ3) is 5.94. The van der Waals surface area contributed by atoms with E-state index < -0.39 is 6.04 Å². The summed E-state index contributed by atoms with van der Waals surface area (Å²) in [6.07, 6.45) is 0. The van der Waals surface area contributed by atoms with Crippen LogP contribution in [0.4, 0.5) is 11.4 Å². The van der Waals surface area contributed by atoms with Crippen LogP contribution in [0.25, 0.3) is 0 Å². The van der Waals surface area contributed by atoms with Crippen molar-refractivity contribution in [3.8, 4) is 0 Å². The van der Waals surface area contributed by atoms with Gasteiger partial charge in [0.1, 0.15) is 0 Å². The second-order valence-corrected chi connectivity index (χ2v) is 7.89. The molecule has 0 aliphatic rings. The molecule has 2 rings (SSSR count). The highest BCUT2D eigenvalue weighted by atomic mass is 79.9. The van der Waals surface area contributed by atoms with Crippen LogP contribution in [0.2, 0.25) is 10.0 Å². The second-order valence-electron chi connectivity index (χ2n) is 6.19. The van der Waals surface area contributed by atoms with E-state index >= 15 is 0 Å². The van der Waals surface area contributed by atoms with Crippen molar-refractivity contribution in [1.29, 1.82) is 0 Å². The maximum Gasteiger partial charge on any atom is 0.241 e. The van der Waals surface area contributed by atoms with Gasteiger partial charge in [0, 0.05) is 10.2 Å². The van der Waals surface area contributed by atoms with Gasteiger partial charge in [-0.25, -0.2) is 0 Å². The van der Waals surface area contributed by atoms with Crippen LogP contribution in [0.3, 0.4) is 0 Å². The van der Waals surface area contributed by atoms with Crippen molar-refractivity contribution in [2.45, 2.75) is 19.9 Å². The molecule has 2 N–H and O–H groups in total. The standard InChI is InChI=1S/C19H20BrCl2N3O2/c1-11-9-13(20)7-8-15(11)23-17(26)10-25(3)12(2)19(27)24-16-6-4-5-14(21)18(16)22/h4-9,12H,10H2,1-3H3,(H,23,26)(H,24,27). The number of halogens is 3. The Labute approximate surface area is 177 Å². The van der Waals surface area contributed by atoms with Crippen molar-refractivity contribution < 1.29 is 9.59 Å². The Morgan fingerprint density at radius 2 is 1.85 bits per heavy atom. The zero-order valence-corrected chi connectivity index (χ0v) is 18.2. The summed E-state index contributed by atoms with van der Waals surface area (Å²) in [5, 5.41) is 6.24. The third-order valence-electron chi connectivity index (χ3n) is 4.11. The fourth-order valence-electron chi connectivity index (χ4n) is 2.36. The largest absolute Gasteiger partial charge is 0.325 e. The fourth-order valence-corrected chi connectivity index (χ4v) is 3.18. The number of hydrogen-bond donors (Lipinski definition) is 2. The number of carbonyl (C=O) groups is 2. The van der Waals surface area contributed by atoms with Gasteiger partial charge in [0.15, 0.2) is 0 Å². The Morgan fingerprint density at radius 1 is 1.15 bits per heavy atom. The lowest BCUT2D eigenvalue weighted by atomic mass is 10.2. The topological polar surface area (TPSA) is 61.4 Å². The normalized spacial score (nSPS) is 12.0. The molecule has 27 heavy (non-hydrogen) atoms. The van der Waals surface area contributed by atoms with Crippen LogP contribution in [-0.4, -0.2) is 36.3 Å². The number of rotatable bonds is 6. The van der Waals surface area contributed by atoms with E-state index in [9.17, 15) is 9.59 Å². The summed E-state index contributed by atoms with van der Waals surface area (Å²) >= 11 is 15.4. The molecule has 0 saturated carbocycles. The summed E-state index contributed by atoms with van der Waals surface area (Å²) in [5.41, 5.74) is 2.12. The van der Waals surface area contributed by atoms with E-state index in [0.717, 1.165) is 15.7 Å². The maximum absolute atomic E-state index is 12.5. The molecule has 0 spiro atoms. The van der Waals surface area contributed by atoms with E-state index in [4.69, 9.17) is 23.2 Å². The molecule has 0 aromatic heterocycles. The molecule has 0 radical (unpaired) electrons. The number of carbonyl (C=O) groups excluding carboxylic acids is 2. The smallest absolute Gasteiger partial charge is 0.241 e. The van der Waals surface area contributed by atoms with E-state index in [0.29, 0.717) is 10.7 Å². The molecule has 0 aliphatic heterocycles. The number of aryl methyl sites for hydroxylation is 1. The van der Waals surface area contributed by atoms with Crippen LogP contribution in [0.5, 0.6) is 0 Å². The molecule has 1 atom stereocenters. The first-order valence-electron chi connectivity index (χ1n) is 8.20. The van der Waals surface area contributed by atoms with Gasteiger partial charge in [0.2, 0.25) is 11.8 Å². The SMILES string of the molecule is Cc1cc(Br)ccc1NC(=O)CN(C)C(C)C(=O)Nc1cccc(Cl)c1Cl. The van der Waals surface area contributed by atoms with E-state index in [2.05, 4.69) is 26.6 Å². The lowest BCUT2D eigenvalue weighted by molar-refractivity contribution is -0.122. The Morgan fingerprint density at radius 3 is 2.52 bits per heavy atom. The maximum atomic E-state index is 12.5. The molecule has 144 valence electrons. The minimum Gasteiger partial charge on any atom is -0.325 e. The summed E-state index contributed by atoms with van der Waals surface area (Å²) in [7, 11) is 1.71. The van der Waals surface area contributed by atoms with Crippen molar-refractivity contribution in [1.82, 2.24) is 4.90 Å². The van der Waals surface area contributed by atoms with E-state index in [1.165, 1.54) is 0 Å². The lowest BCUT2D eigenvalue weighted by Crippen LogP contribution is -2.43. The number of hydrogen-bond acceptors (Lipinski definition) is 3. The monoisotopic (exact) mass is 471 g/mol. The van der Waals surface area contributed by atoms with Crippen LogP contribution < -0.4 is 10.6 Å². The van der Waals surface area contributed by atoms with Gasteiger partial charge >= 0.3 is 0 Å². The second kappa shape index (κ2) is 9.55. The molecule has 2 aromatic rings. The van der Waals surface area contributed by atoms with Crippen molar-refractivity contribution >= 4 is 62.3 Å². The summed E-state index contributed by atoms with van der Waals surface area (Å²) in [5.74, 6) is -0.488. The first-order chi connectivity index (χ1) is 12.7. The van der Waals surface area contributed by atoms with Crippen LogP contribution in [0.1, 0.15) is 12.5 Å². The molecule has 0 aliphatic carbocycles. The molecule has 0 heterocycles. The van der Waals surface area contributed by atoms with E-state index in [1.807, 2.05) is 25.1 Å². The molecule has 0 fully saturated rings. The first-order valence-corrected chi connectivity index (χ1v) is 9.75. The van der Waals surface area contributed by atoms with Gasteiger partial charge in [-0.3, -0.25) is 14.5 Å². The average molecular weight is 473 g/mol. The average Bonchev–Trinajstić information content (AvgIpc) is 2.60. The zero-order chi connectivity index (χ0) is 20.1. The number of nitrogens with one attached hydrogen (secondary N) is 2. The minimum atomic E-state index is -0.545. The van der Waals surface area contributed by atoms with Crippen LogP contribution >= 0.6 is 39.1 Å². The zero-order valence-electron chi connectivity index (χ0n) is 15.1. The Kier molecular flexibility index (Phi) is 7.68. The summed E-state index contributed by atoms with van der Waals surface area (Å²) in [6.45, 7) is 3.69. The van der Waals surface area contributed by atoms with Crippen molar-refractivity contribution in [2.24, 2.45) is 0 Å². The fraction of sp³-hybridized carbons (Fsp3) is 0.263. The van der Waals surface area contributed by atoms with Crippen molar-refractivity contribution in [3.05, 3.63) is 56.5 Å². The molecular formula is C19H20BrCl2N3O2. The molecule has 8 heteroatoms. The minimum absolute atomic E-state index is 0.0629. The highest BCUT2D eigenvalue weighted by Gasteiger charge is 2.21. The summed E-state index contributed by atoms with van der Waals surface area (Å²) in [4.78, 5) is 26.4. The third-order valence-corrected chi connectivity index (χ3v) is 5.42. The Bertz CT molecular complexity index is 861. The van der Waals surface area contributed by atoms with Crippen molar-refractivity contribution in [3.63, 3.8) is 0 Å². The van der Waals surface area contributed by atoms with Crippen LogP contribution in [0.15, 0.2) is 40.9 Å². The molecule has 0 bridgehead atoms. The van der Waals surface area contributed by atoms with Gasteiger partial charge in [-0.15, -0.1) is 0 Å². The van der Waals surface area contributed by atoms with E-state index in [-0.39, 0.29) is 23.4 Å². The van der Waals surface area contributed by atoms with E-state index in [1.54, 1.807) is 37.1 Å². The van der Waals surface area contributed by atoms with Gasteiger partial charge < -0.3 is 10.6 Å². The highest BCUT2D eigenvalue weighted by Crippen LogP contribution is 2.29.